The molecular weight excluding hydrogens is 202 g/mol. The third-order valence-corrected chi connectivity index (χ3v) is 2.50. The summed E-state index contributed by atoms with van der Waals surface area (Å²) in [6.07, 6.45) is 6.98. The molecule has 1 aromatic heterocycles. The molecule has 0 fully saturated rings. The number of hydrogen-bond acceptors (Lipinski definition) is 2. The molecular formula is C12H21N3O. The van der Waals surface area contributed by atoms with Crippen LogP contribution in [0.3, 0.4) is 0 Å². The van der Waals surface area contributed by atoms with Crippen molar-refractivity contribution in [3.63, 3.8) is 0 Å². The summed E-state index contributed by atoms with van der Waals surface area (Å²) in [5.41, 5.74) is 0. The van der Waals surface area contributed by atoms with E-state index < -0.39 is 0 Å². The van der Waals surface area contributed by atoms with Crippen LogP contribution in [0.25, 0.3) is 0 Å². The van der Waals surface area contributed by atoms with Crippen molar-refractivity contribution < 1.29 is 9.67 Å². The monoisotopic (exact) mass is 223 g/mol. The molecule has 1 rings (SSSR count). The Hall–Kier alpha value is -1.32. The lowest BCUT2D eigenvalue weighted by Crippen LogP contribution is -2.40. The van der Waals surface area contributed by atoms with E-state index in [1.54, 1.807) is 0 Å². The topological polar surface area (TPSA) is 44.2 Å². The third kappa shape index (κ3) is 3.08. The maximum Gasteiger partial charge on any atom is 0.291 e. The van der Waals surface area contributed by atoms with Crippen molar-refractivity contribution >= 4 is 5.90 Å². The summed E-state index contributed by atoms with van der Waals surface area (Å²) in [7, 11) is 1.89. The Morgan fingerprint density at radius 1 is 1.44 bits per heavy atom. The molecule has 16 heavy (non-hydrogen) atoms. The summed E-state index contributed by atoms with van der Waals surface area (Å²) >= 11 is 0. The number of aliphatic imine (C=N–C) groups is 1. The molecule has 90 valence electrons. The third-order valence-electron chi connectivity index (χ3n) is 2.50. The van der Waals surface area contributed by atoms with E-state index in [9.17, 15) is 5.11 Å². The number of rotatable bonds is 6. The lowest BCUT2D eigenvalue weighted by Gasteiger charge is -2.08. The van der Waals surface area contributed by atoms with Crippen molar-refractivity contribution in [2.24, 2.45) is 12.0 Å². The van der Waals surface area contributed by atoms with Gasteiger partial charge >= 0.3 is 0 Å². The molecule has 0 aliphatic rings. The first kappa shape index (κ1) is 12.7. The average Bonchev–Trinajstić information content (AvgIpc) is 2.64. The fourth-order valence-electron chi connectivity index (χ4n) is 1.59. The van der Waals surface area contributed by atoms with Gasteiger partial charge in [0, 0.05) is 6.54 Å². The molecule has 0 radical (unpaired) electrons. The first-order valence-electron chi connectivity index (χ1n) is 5.97. The molecule has 4 nitrogen and oxygen atoms in total. The smallest absolute Gasteiger partial charge is 0.291 e. The van der Waals surface area contributed by atoms with Gasteiger partial charge in [0.15, 0.2) is 0 Å². The van der Waals surface area contributed by atoms with Crippen molar-refractivity contribution in [1.29, 1.82) is 0 Å². The van der Waals surface area contributed by atoms with Crippen molar-refractivity contribution in [3.05, 3.63) is 18.2 Å². The van der Waals surface area contributed by atoms with Crippen LogP contribution in [-0.2, 0) is 13.6 Å². The number of hydrogen-bond donors (Lipinski definition) is 0. The molecule has 0 saturated heterocycles. The highest BCUT2D eigenvalue weighted by molar-refractivity contribution is 5.85. The number of aryl methyl sites for hydroxylation is 2. The predicted octanol–water partition coefficient (Wildman–Crippen LogP) is 0.630. The Kier molecular flexibility index (Phi) is 5.02. The van der Waals surface area contributed by atoms with Gasteiger partial charge in [-0.15, -0.1) is 0 Å². The van der Waals surface area contributed by atoms with Crippen molar-refractivity contribution in [3.8, 4) is 0 Å². The van der Waals surface area contributed by atoms with Gasteiger partial charge in [-0.05, 0) is 12.8 Å². The molecule has 1 aromatic rings. The van der Waals surface area contributed by atoms with E-state index >= 15 is 0 Å². The highest BCUT2D eigenvalue weighted by Gasteiger charge is 2.13. The molecule has 0 N–H and O–H groups in total. The van der Waals surface area contributed by atoms with Crippen LogP contribution in [0, 0.1) is 0 Å². The Morgan fingerprint density at radius 2 is 2.19 bits per heavy atom. The average molecular weight is 223 g/mol. The molecule has 0 amide bonds. The summed E-state index contributed by atoms with van der Waals surface area (Å²) in [5.74, 6) is 0.576. The van der Waals surface area contributed by atoms with E-state index in [0.717, 1.165) is 25.8 Å². The van der Waals surface area contributed by atoms with Crippen LogP contribution >= 0.6 is 0 Å². The zero-order valence-corrected chi connectivity index (χ0v) is 10.4. The zero-order chi connectivity index (χ0) is 12.0. The minimum absolute atomic E-state index is 0.106. The van der Waals surface area contributed by atoms with Crippen LogP contribution in [0.1, 0.15) is 38.9 Å². The van der Waals surface area contributed by atoms with Gasteiger partial charge < -0.3 is 5.11 Å². The Labute approximate surface area is 97.3 Å². The summed E-state index contributed by atoms with van der Waals surface area (Å²) in [6.45, 7) is 5.66. The van der Waals surface area contributed by atoms with Gasteiger partial charge in [-0.25, -0.2) is 9.13 Å². The summed E-state index contributed by atoms with van der Waals surface area (Å²) < 4.78 is 3.84. The first-order valence-corrected chi connectivity index (χ1v) is 5.97. The van der Waals surface area contributed by atoms with Gasteiger partial charge in [-0.2, -0.15) is 0 Å². The Morgan fingerprint density at radius 3 is 2.81 bits per heavy atom. The van der Waals surface area contributed by atoms with Gasteiger partial charge in [0.25, 0.3) is 5.82 Å². The predicted molar refractivity (Wildman–Crippen MR) is 62.2 cm³/mol. The van der Waals surface area contributed by atoms with Crippen molar-refractivity contribution in [1.82, 2.24) is 4.57 Å². The van der Waals surface area contributed by atoms with Crippen LogP contribution in [0.15, 0.2) is 17.4 Å². The fraction of sp³-hybridized carbons (Fsp3) is 0.667. The molecule has 0 bridgehead atoms. The molecule has 0 saturated carbocycles. The number of aromatic nitrogens is 2. The van der Waals surface area contributed by atoms with E-state index in [1.807, 2.05) is 35.5 Å². The molecule has 0 aromatic carbocycles. The summed E-state index contributed by atoms with van der Waals surface area (Å²) in [6, 6.07) is 0. The minimum atomic E-state index is -0.106. The van der Waals surface area contributed by atoms with E-state index in [-0.39, 0.29) is 5.90 Å². The van der Waals surface area contributed by atoms with E-state index in [4.69, 9.17) is 0 Å². The standard InChI is InChI=1S/C12H21N3O/c1-4-6-8-15-10-9-14(3)12(15)11(16)13-7-5-2/h9-10H,4-8H2,1-3H3. The van der Waals surface area contributed by atoms with Crippen LogP contribution < -0.4 is 9.67 Å². The number of imidazole rings is 1. The van der Waals surface area contributed by atoms with Crippen molar-refractivity contribution in [2.45, 2.75) is 39.7 Å². The van der Waals surface area contributed by atoms with E-state index in [2.05, 4.69) is 11.9 Å². The summed E-state index contributed by atoms with van der Waals surface area (Å²) in [5, 5.41) is 11.9. The van der Waals surface area contributed by atoms with Crippen LogP contribution in [0.2, 0.25) is 0 Å². The summed E-state index contributed by atoms with van der Waals surface area (Å²) in [4.78, 5) is 4.03. The van der Waals surface area contributed by atoms with E-state index in [0.29, 0.717) is 12.4 Å². The van der Waals surface area contributed by atoms with Gasteiger partial charge in [-0.3, -0.25) is 4.99 Å². The quantitative estimate of drug-likeness (QED) is 0.396. The maximum atomic E-state index is 11.9. The van der Waals surface area contributed by atoms with Gasteiger partial charge in [0.05, 0.1) is 19.5 Å². The minimum Gasteiger partial charge on any atom is -0.853 e. The lowest BCUT2D eigenvalue weighted by molar-refractivity contribution is -0.674. The van der Waals surface area contributed by atoms with Crippen molar-refractivity contribution in [2.75, 3.05) is 6.54 Å². The molecule has 0 aliphatic carbocycles. The lowest BCUT2D eigenvalue weighted by atomic mass is 10.3. The van der Waals surface area contributed by atoms with Gasteiger partial charge in [-0.1, -0.05) is 20.3 Å². The first-order chi connectivity index (χ1) is 7.70. The normalized spacial score (nSPS) is 12.1. The maximum absolute atomic E-state index is 11.9. The molecule has 0 unspecified atom stereocenters. The number of nitrogens with zero attached hydrogens (tertiary/aromatic N) is 3. The SMILES string of the molecule is CCCCn1cc[n+](C)c1C([O-])=NCCC. The van der Waals surface area contributed by atoms with Crippen LogP contribution in [-0.4, -0.2) is 17.0 Å². The highest BCUT2D eigenvalue weighted by atomic mass is 16.3. The molecule has 0 aliphatic heterocycles. The Bertz CT molecular complexity index is 355. The molecule has 4 heteroatoms. The fourth-order valence-corrected chi connectivity index (χ4v) is 1.59. The highest BCUT2D eigenvalue weighted by Crippen LogP contribution is 1.99. The van der Waals surface area contributed by atoms with Gasteiger partial charge in [0.1, 0.15) is 12.4 Å². The number of unbranched alkanes of at least 4 members (excludes halogenated alkanes) is 1. The second-order valence-electron chi connectivity index (χ2n) is 3.97. The van der Waals surface area contributed by atoms with Crippen LogP contribution in [0.5, 0.6) is 0 Å². The zero-order valence-electron chi connectivity index (χ0n) is 10.4. The largest absolute Gasteiger partial charge is 0.853 e. The second kappa shape index (κ2) is 6.30. The molecule has 1 heterocycles. The molecule has 0 spiro atoms. The van der Waals surface area contributed by atoms with Gasteiger partial charge in [0.2, 0.25) is 0 Å². The Balaban J connectivity index is 2.87. The van der Waals surface area contributed by atoms with E-state index in [1.165, 1.54) is 0 Å². The molecule has 0 atom stereocenters. The van der Waals surface area contributed by atoms with Crippen LogP contribution in [0.4, 0.5) is 0 Å². The second-order valence-corrected chi connectivity index (χ2v) is 3.97.